The second-order valence-electron chi connectivity index (χ2n) is 6.19. The molecule has 3 N–H and O–H groups in total. The molecule has 0 radical (unpaired) electrons. The molecule has 0 aliphatic heterocycles. The summed E-state index contributed by atoms with van der Waals surface area (Å²) in [5, 5.41) is 11.5. The number of carbonyl (C=O) groups excluding carboxylic acids is 1. The fourth-order valence-electron chi connectivity index (χ4n) is 2.67. The second kappa shape index (κ2) is 9.71. The van der Waals surface area contributed by atoms with Crippen LogP contribution in [0.5, 0.6) is 11.5 Å². The Bertz CT molecular complexity index is 1070. The molecule has 0 atom stereocenters. The lowest BCUT2D eigenvalue weighted by molar-refractivity contribution is -0.113. The minimum atomic E-state index is -0.194. The van der Waals surface area contributed by atoms with E-state index < -0.39 is 0 Å². The third kappa shape index (κ3) is 4.90. The molecule has 0 aliphatic carbocycles. The van der Waals surface area contributed by atoms with Crippen molar-refractivity contribution in [3.63, 3.8) is 0 Å². The maximum absolute atomic E-state index is 12.4. The summed E-state index contributed by atoms with van der Waals surface area (Å²) in [7, 11) is 3.12. The summed E-state index contributed by atoms with van der Waals surface area (Å²) in [5.41, 5.74) is 2.46. The van der Waals surface area contributed by atoms with Gasteiger partial charge < -0.3 is 20.6 Å². The van der Waals surface area contributed by atoms with E-state index in [1.807, 2.05) is 25.1 Å². The van der Waals surface area contributed by atoms with E-state index in [0.717, 1.165) is 14.5 Å². The van der Waals surface area contributed by atoms with Gasteiger partial charge in [0.2, 0.25) is 11.1 Å². The van der Waals surface area contributed by atoms with Gasteiger partial charge in [-0.25, -0.2) is 4.68 Å². The van der Waals surface area contributed by atoms with Gasteiger partial charge >= 0.3 is 0 Å². The summed E-state index contributed by atoms with van der Waals surface area (Å²) in [4.78, 5) is 12.4. The van der Waals surface area contributed by atoms with Gasteiger partial charge in [0, 0.05) is 14.5 Å². The van der Waals surface area contributed by atoms with Crippen molar-refractivity contribution in [1.82, 2.24) is 14.9 Å². The van der Waals surface area contributed by atoms with Crippen LogP contribution in [0.3, 0.4) is 0 Å². The Morgan fingerprint density at radius 2 is 1.80 bits per heavy atom. The highest BCUT2D eigenvalue weighted by molar-refractivity contribution is 9.11. The van der Waals surface area contributed by atoms with Crippen LogP contribution in [0.1, 0.15) is 5.56 Å². The number of nitrogen functional groups attached to an aromatic ring is 1. The van der Waals surface area contributed by atoms with Crippen molar-refractivity contribution in [1.29, 1.82) is 0 Å². The average Bonchev–Trinajstić information content (AvgIpc) is 3.08. The Hall–Kier alpha value is -2.24. The van der Waals surface area contributed by atoms with Gasteiger partial charge in [-0.1, -0.05) is 11.8 Å². The van der Waals surface area contributed by atoms with Gasteiger partial charge in [-0.05, 0) is 74.7 Å². The number of aryl methyl sites for hydroxylation is 1. The van der Waals surface area contributed by atoms with Crippen LogP contribution < -0.4 is 20.6 Å². The number of benzene rings is 2. The third-order valence-corrected chi connectivity index (χ3v) is 6.28. The van der Waals surface area contributed by atoms with E-state index in [9.17, 15) is 4.79 Å². The SMILES string of the molecule is COc1ccc(-c2nnc(SCC(=O)Nc3c(Br)cc(C)cc3Br)n2N)cc1OC. The number of nitrogens with two attached hydrogens (primary N) is 1. The van der Waals surface area contributed by atoms with Crippen molar-refractivity contribution in [2.24, 2.45) is 0 Å². The van der Waals surface area contributed by atoms with Crippen LogP contribution in [0.15, 0.2) is 44.4 Å². The van der Waals surface area contributed by atoms with Crippen molar-refractivity contribution in [3.05, 3.63) is 44.8 Å². The smallest absolute Gasteiger partial charge is 0.234 e. The van der Waals surface area contributed by atoms with Gasteiger partial charge in [-0.3, -0.25) is 4.79 Å². The van der Waals surface area contributed by atoms with Gasteiger partial charge in [0.15, 0.2) is 17.3 Å². The molecule has 0 saturated heterocycles. The molecule has 0 aliphatic rings. The lowest BCUT2D eigenvalue weighted by Crippen LogP contribution is -2.17. The number of thioether (sulfide) groups is 1. The first-order valence-electron chi connectivity index (χ1n) is 8.65. The molecule has 0 unspecified atom stereocenters. The first-order chi connectivity index (χ1) is 14.3. The molecule has 0 fully saturated rings. The van der Waals surface area contributed by atoms with E-state index in [1.165, 1.54) is 16.4 Å². The highest BCUT2D eigenvalue weighted by Crippen LogP contribution is 2.33. The highest BCUT2D eigenvalue weighted by atomic mass is 79.9. The maximum atomic E-state index is 12.4. The summed E-state index contributed by atoms with van der Waals surface area (Å²) in [6.45, 7) is 1.97. The number of halogens is 2. The number of rotatable bonds is 7. The number of hydrogen-bond donors (Lipinski definition) is 2. The molecule has 8 nitrogen and oxygen atoms in total. The van der Waals surface area contributed by atoms with E-state index in [4.69, 9.17) is 15.3 Å². The van der Waals surface area contributed by atoms with Crippen LogP contribution >= 0.6 is 43.6 Å². The number of ether oxygens (including phenoxy) is 2. The zero-order valence-electron chi connectivity index (χ0n) is 16.4. The molecule has 0 spiro atoms. The molecule has 1 amide bonds. The van der Waals surface area contributed by atoms with Crippen LogP contribution in [0.2, 0.25) is 0 Å². The van der Waals surface area contributed by atoms with Crippen LogP contribution in [0.25, 0.3) is 11.4 Å². The highest BCUT2D eigenvalue weighted by Gasteiger charge is 2.17. The molecule has 1 aromatic heterocycles. The zero-order chi connectivity index (χ0) is 21.8. The number of methoxy groups -OCH3 is 2. The number of nitrogens with one attached hydrogen (secondary N) is 1. The fraction of sp³-hybridized carbons (Fsp3) is 0.211. The number of nitrogens with zero attached hydrogens (tertiary/aromatic N) is 3. The van der Waals surface area contributed by atoms with Gasteiger partial charge in [-0.2, -0.15) is 0 Å². The van der Waals surface area contributed by atoms with Crippen molar-refractivity contribution in [3.8, 4) is 22.9 Å². The zero-order valence-corrected chi connectivity index (χ0v) is 20.4. The van der Waals surface area contributed by atoms with Gasteiger partial charge in [0.25, 0.3) is 0 Å². The minimum absolute atomic E-state index is 0.119. The molecule has 1 heterocycles. The number of anilines is 1. The van der Waals surface area contributed by atoms with Crippen LogP contribution in [0, 0.1) is 6.92 Å². The molecule has 2 aromatic carbocycles. The molecule has 0 bridgehead atoms. The molecule has 30 heavy (non-hydrogen) atoms. The fourth-order valence-corrected chi connectivity index (χ4v) is 4.94. The largest absolute Gasteiger partial charge is 0.493 e. The van der Waals surface area contributed by atoms with E-state index >= 15 is 0 Å². The third-order valence-electron chi connectivity index (χ3n) is 4.09. The molecule has 0 saturated carbocycles. The summed E-state index contributed by atoms with van der Waals surface area (Å²) in [5.74, 6) is 7.68. The van der Waals surface area contributed by atoms with Crippen molar-refractivity contribution >= 4 is 55.2 Å². The summed E-state index contributed by atoms with van der Waals surface area (Å²) < 4.78 is 13.5. The molecule has 11 heteroatoms. The molecule has 3 aromatic rings. The number of amides is 1. The Balaban J connectivity index is 1.71. The van der Waals surface area contributed by atoms with E-state index in [1.54, 1.807) is 26.4 Å². The van der Waals surface area contributed by atoms with Crippen molar-refractivity contribution in [2.75, 3.05) is 31.1 Å². The lowest BCUT2D eigenvalue weighted by atomic mass is 10.2. The van der Waals surface area contributed by atoms with Crippen LogP contribution in [-0.4, -0.2) is 40.8 Å². The first-order valence-corrected chi connectivity index (χ1v) is 11.2. The topological polar surface area (TPSA) is 104 Å². The second-order valence-corrected chi connectivity index (χ2v) is 8.84. The Labute approximate surface area is 194 Å². The summed E-state index contributed by atoms with van der Waals surface area (Å²) in [6.07, 6.45) is 0. The first kappa shape index (κ1) is 22.4. The van der Waals surface area contributed by atoms with Crippen LogP contribution in [-0.2, 0) is 4.79 Å². The van der Waals surface area contributed by atoms with Crippen molar-refractivity contribution in [2.45, 2.75) is 12.1 Å². The van der Waals surface area contributed by atoms with Gasteiger partial charge in [0.1, 0.15) is 0 Å². The van der Waals surface area contributed by atoms with Gasteiger partial charge in [0.05, 0.1) is 25.7 Å². The van der Waals surface area contributed by atoms with E-state index in [-0.39, 0.29) is 11.7 Å². The Kier molecular flexibility index (Phi) is 7.27. The number of carbonyl (C=O) groups is 1. The predicted octanol–water partition coefficient (Wildman–Crippen LogP) is 4.24. The molecule has 158 valence electrons. The lowest BCUT2D eigenvalue weighted by Gasteiger charge is -2.11. The normalized spacial score (nSPS) is 10.7. The van der Waals surface area contributed by atoms with Gasteiger partial charge in [-0.15, -0.1) is 10.2 Å². The standard InChI is InChI=1S/C19H19Br2N5O3S/c1-10-6-12(20)17(13(21)7-10)23-16(27)9-30-19-25-24-18(26(19)22)11-4-5-14(28-2)15(8-11)29-3/h4-8H,9,22H2,1-3H3,(H,23,27). The quantitative estimate of drug-likeness (QED) is 0.331. The Morgan fingerprint density at radius 1 is 1.13 bits per heavy atom. The van der Waals surface area contributed by atoms with E-state index in [2.05, 4.69) is 47.4 Å². The predicted molar refractivity (Wildman–Crippen MR) is 125 cm³/mol. The number of aromatic nitrogens is 3. The molecular formula is C19H19Br2N5O3S. The minimum Gasteiger partial charge on any atom is -0.493 e. The monoisotopic (exact) mass is 555 g/mol. The van der Waals surface area contributed by atoms with Crippen LogP contribution in [0.4, 0.5) is 5.69 Å². The summed E-state index contributed by atoms with van der Waals surface area (Å²) in [6, 6.07) is 9.20. The average molecular weight is 557 g/mol. The number of hydrogen-bond acceptors (Lipinski definition) is 7. The Morgan fingerprint density at radius 3 is 2.43 bits per heavy atom. The molecular weight excluding hydrogens is 538 g/mol. The van der Waals surface area contributed by atoms with Crippen molar-refractivity contribution < 1.29 is 14.3 Å². The van der Waals surface area contributed by atoms with E-state index in [0.29, 0.717) is 33.7 Å². The maximum Gasteiger partial charge on any atom is 0.234 e. The molecule has 3 rings (SSSR count). The summed E-state index contributed by atoms with van der Waals surface area (Å²) >= 11 is 8.12.